The van der Waals surface area contributed by atoms with Gasteiger partial charge in [0, 0.05) is 44.1 Å². The van der Waals surface area contributed by atoms with Crippen molar-refractivity contribution >= 4 is 6.03 Å². The van der Waals surface area contributed by atoms with Crippen LogP contribution in [0.1, 0.15) is 37.7 Å². The van der Waals surface area contributed by atoms with E-state index in [1.165, 1.54) is 19.3 Å². The number of aromatic nitrogens is 1. The molecule has 2 amide bonds. The fraction of sp³-hybridized carbons (Fsp3) is 0.667. The van der Waals surface area contributed by atoms with Crippen molar-refractivity contribution in [1.82, 2.24) is 20.5 Å². The van der Waals surface area contributed by atoms with Crippen molar-refractivity contribution in [2.24, 2.45) is 0 Å². The number of amides is 2. The van der Waals surface area contributed by atoms with Gasteiger partial charge in [0.25, 0.3) is 0 Å². The molecule has 6 heteroatoms. The smallest absolute Gasteiger partial charge is 0.315 e. The Morgan fingerprint density at radius 3 is 2.54 bits per heavy atom. The van der Waals surface area contributed by atoms with E-state index in [0.29, 0.717) is 6.54 Å². The van der Waals surface area contributed by atoms with Gasteiger partial charge in [0.2, 0.25) is 0 Å². The van der Waals surface area contributed by atoms with E-state index >= 15 is 0 Å². The lowest BCUT2D eigenvalue weighted by molar-refractivity contribution is -0.0357. The van der Waals surface area contributed by atoms with E-state index < -0.39 is 0 Å². The summed E-state index contributed by atoms with van der Waals surface area (Å²) in [5.41, 5.74) is 1.16. The van der Waals surface area contributed by atoms with Gasteiger partial charge in [-0.15, -0.1) is 0 Å². The maximum absolute atomic E-state index is 12.2. The maximum Gasteiger partial charge on any atom is 0.315 e. The predicted molar refractivity (Wildman–Crippen MR) is 92.7 cm³/mol. The topological polar surface area (TPSA) is 66.5 Å². The minimum atomic E-state index is -0.0926. The van der Waals surface area contributed by atoms with Gasteiger partial charge in [-0.2, -0.15) is 0 Å². The van der Waals surface area contributed by atoms with Crippen molar-refractivity contribution in [2.75, 3.05) is 32.8 Å². The van der Waals surface area contributed by atoms with Crippen molar-refractivity contribution in [1.29, 1.82) is 0 Å². The van der Waals surface area contributed by atoms with E-state index in [1.807, 2.05) is 12.1 Å². The highest BCUT2D eigenvalue weighted by atomic mass is 16.5. The highest BCUT2D eigenvalue weighted by Crippen LogP contribution is 2.33. The van der Waals surface area contributed by atoms with Crippen molar-refractivity contribution in [2.45, 2.75) is 44.2 Å². The minimum absolute atomic E-state index is 0.0926. The molecule has 1 aliphatic heterocycles. The molecule has 0 unspecified atom stereocenters. The highest BCUT2D eigenvalue weighted by molar-refractivity contribution is 5.73. The Morgan fingerprint density at radius 1 is 1.12 bits per heavy atom. The van der Waals surface area contributed by atoms with Crippen LogP contribution < -0.4 is 10.6 Å². The Labute approximate surface area is 144 Å². The van der Waals surface area contributed by atoms with Gasteiger partial charge in [-0.3, -0.25) is 9.88 Å². The predicted octanol–water partition coefficient (Wildman–Crippen LogP) is 1.92. The minimum Gasteiger partial charge on any atom is -0.379 e. The average Bonchev–Trinajstić information content (AvgIpc) is 2.67. The van der Waals surface area contributed by atoms with Gasteiger partial charge >= 0.3 is 6.03 Å². The second-order valence-electron chi connectivity index (χ2n) is 6.78. The lowest BCUT2D eigenvalue weighted by Crippen LogP contribution is -2.60. The molecule has 132 valence electrons. The first-order valence-electron chi connectivity index (χ1n) is 9.02. The molecule has 3 rings (SSSR count). The zero-order valence-corrected chi connectivity index (χ0v) is 14.3. The van der Waals surface area contributed by atoms with Gasteiger partial charge in [-0.1, -0.05) is 19.3 Å². The summed E-state index contributed by atoms with van der Waals surface area (Å²) in [6, 6.07) is 3.73. The van der Waals surface area contributed by atoms with E-state index in [2.05, 4.69) is 20.5 Å². The Hall–Kier alpha value is -1.66. The van der Waals surface area contributed by atoms with Crippen LogP contribution in [0.2, 0.25) is 0 Å². The van der Waals surface area contributed by atoms with Crippen LogP contribution in [0.3, 0.4) is 0 Å². The summed E-state index contributed by atoms with van der Waals surface area (Å²) in [5, 5.41) is 6.05. The molecule has 2 heterocycles. The molecule has 6 nitrogen and oxygen atoms in total. The summed E-state index contributed by atoms with van der Waals surface area (Å²) >= 11 is 0. The van der Waals surface area contributed by atoms with E-state index in [4.69, 9.17) is 4.74 Å². The first-order valence-corrected chi connectivity index (χ1v) is 9.02. The SMILES string of the molecule is O=C(NCc1ccncc1)NCC1(N2CCOCC2)CCCCC1. The molecule has 0 spiro atoms. The molecule has 1 aromatic heterocycles. The number of ether oxygens (including phenoxy) is 1. The van der Waals surface area contributed by atoms with E-state index in [9.17, 15) is 4.79 Å². The molecule has 0 radical (unpaired) electrons. The number of rotatable bonds is 5. The maximum atomic E-state index is 12.2. The summed E-state index contributed by atoms with van der Waals surface area (Å²) in [7, 11) is 0. The Balaban J connectivity index is 1.52. The van der Waals surface area contributed by atoms with Gasteiger partial charge in [0.1, 0.15) is 0 Å². The Kier molecular flexibility index (Phi) is 6.04. The number of nitrogens with one attached hydrogen (secondary N) is 2. The number of urea groups is 1. The molecular weight excluding hydrogens is 304 g/mol. The van der Waals surface area contributed by atoms with Crippen molar-refractivity contribution in [3.05, 3.63) is 30.1 Å². The summed E-state index contributed by atoms with van der Waals surface area (Å²) in [4.78, 5) is 18.7. The molecule has 1 saturated heterocycles. The standard InChI is InChI=1S/C18H28N4O2/c23-17(20-14-16-4-8-19-9-5-16)21-15-18(6-2-1-3-7-18)22-10-12-24-13-11-22/h4-5,8-9H,1-3,6-7,10-15H2,(H2,20,21,23). The fourth-order valence-electron chi connectivity index (χ4n) is 3.84. The van der Waals surface area contributed by atoms with Crippen LogP contribution in [0.25, 0.3) is 0 Å². The quantitative estimate of drug-likeness (QED) is 0.864. The number of morpholine rings is 1. The lowest BCUT2D eigenvalue weighted by Gasteiger charge is -2.48. The van der Waals surface area contributed by atoms with Crippen molar-refractivity contribution in [3.63, 3.8) is 0 Å². The number of pyridine rings is 1. The second-order valence-corrected chi connectivity index (χ2v) is 6.78. The number of hydrogen-bond acceptors (Lipinski definition) is 4. The summed E-state index contributed by atoms with van der Waals surface area (Å²) in [5.74, 6) is 0. The molecule has 1 saturated carbocycles. The highest BCUT2D eigenvalue weighted by Gasteiger charge is 2.38. The number of carbonyl (C=O) groups is 1. The van der Waals surface area contributed by atoms with Crippen molar-refractivity contribution in [3.8, 4) is 0 Å². The van der Waals surface area contributed by atoms with Crippen LogP contribution in [0, 0.1) is 0 Å². The van der Waals surface area contributed by atoms with Crippen LogP contribution in [-0.4, -0.2) is 54.3 Å². The lowest BCUT2D eigenvalue weighted by atomic mass is 9.80. The Bertz CT molecular complexity index is 511. The molecule has 0 bridgehead atoms. The van der Waals surface area contributed by atoms with Gasteiger partial charge < -0.3 is 15.4 Å². The molecule has 24 heavy (non-hydrogen) atoms. The molecule has 0 atom stereocenters. The molecule has 2 N–H and O–H groups in total. The third-order valence-electron chi connectivity index (χ3n) is 5.25. The van der Waals surface area contributed by atoms with E-state index in [1.54, 1.807) is 12.4 Å². The molecular formula is C18H28N4O2. The Morgan fingerprint density at radius 2 is 1.83 bits per heavy atom. The zero-order valence-electron chi connectivity index (χ0n) is 14.3. The summed E-state index contributed by atoms with van der Waals surface area (Å²) in [6.07, 6.45) is 9.61. The van der Waals surface area contributed by atoms with Crippen LogP contribution in [0.5, 0.6) is 0 Å². The van der Waals surface area contributed by atoms with Crippen LogP contribution in [0.15, 0.2) is 24.5 Å². The van der Waals surface area contributed by atoms with Gasteiger partial charge in [-0.05, 0) is 30.5 Å². The number of nitrogens with zero attached hydrogens (tertiary/aromatic N) is 2. The monoisotopic (exact) mass is 332 g/mol. The molecule has 2 aliphatic rings. The summed E-state index contributed by atoms with van der Waals surface area (Å²) < 4.78 is 5.50. The first-order chi connectivity index (χ1) is 11.8. The van der Waals surface area contributed by atoms with E-state index in [0.717, 1.165) is 51.3 Å². The summed E-state index contributed by atoms with van der Waals surface area (Å²) in [6.45, 7) is 4.79. The molecule has 2 fully saturated rings. The zero-order chi connectivity index (χ0) is 16.7. The second kappa shape index (κ2) is 8.44. The first kappa shape index (κ1) is 17.2. The largest absolute Gasteiger partial charge is 0.379 e. The van der Waals surface area contributed by atoms with Gasteiger partial charge in [0.05, 0.1) is 13.2 Å². The van der Waals surface area contributed by atoms with Crippen molar-refractivity contribution < 1.29 is 9.53 Å². The average molecular weight is 332 g/mol. The van der Waals surface area contributed by atoms with Crippen LogP contribution in [0.4, 0.5) is 4.79 Å². The van der Waals surface area contributed by atoms with E-state index in [-0.39, 0.29) is 11.6 Å². The number of hydrogen-bond donors (Lipinski definition) is 2. The normalized spacial score (nSPS) is 21.2. The molecule has 1 aliphatic carbocycles. The molecule has 0 aromatic carbocycles. The third kappa shape index (κ3) is 4.45. The number of carbonyl (C=O) groups excluding carboxylic acids is 1. The van der Waals surface area contributed by atoms with Gasteiger partial charge in [0.15, 0.2) is 0 Å². The van der Waals surface area contributed by atoms with Gasteiger partial charge in [-0.25, -0.2) is 4.79 Å². The third-order valence-corrected chi connectivity index (χ3v) is 5.25. The van der Waals surface area contributed by atoms with Crippen LogP contribution in [-0.2, 0) is 11.3 Å². The molecule has 1 aromatic rings. The van der Waals surface area contributed by atoms with Crippen LogP contribution >= 0.6 is 0 Å². The fourth-order valence-corrected chi connectivity index (χ4v) is 3.84.